The maximum absolute atomic E-state index is 11.8. The second-order valence-corrected chi connectivity index (χ2v) is 3.53. The lowest BCUT2D eigenvalue weighted by Gasteiger charge is -2.48. The van der Waals surface area contributed by atoms with E-state index in [4.69, 9.17) is 0 Å². The SMILES string of the molecule is CC(C)[N+]1([O-])CCC(=O)CC1. The summed E-state index contributed by atoms with van der Waals surface area (Å²) >= 11 is 0. The Morgan fingerprint density at radius 1 is 1.36 bits per heavy atom. The summed E-state index contributed by atoms with van der Waals surface area (Å²) in [5.41, 5.74) is 0. The molecule has 0 unspecified atom stereocenters. The van der Waals surface area contributed by atoms with Gasteiger partial charge in [-0.15, -0.1) is 0 Å². The monoisotopic (exact) mass is 157 g/mol. The van der Waals surface area contributed by atoms with Gasteiger partial charge in [0.15, 0.2) is 0 Å². The van der Waals surface area contributed by atoms with Crippen LogP contribution in [0.4, 0.5) is 0 Å². The average molecular weight is 157 g/mol. The largest absolute Gasteiger partial charge is 0.633 e. The number of carbonyl (C=O) groups is 1. The molecule has 3 heteroatoms. The van der Waals surface area contributed by atoms with Crippen molar-refractivity contribution in [2.24, 2.45) is 0 Å². The zero-order valence-electron chi connectivity index (χ0n) is 7.17. The van der Waals surface area contributed by atoms with Gasteiger partial charge in [-0.3, -0.25) is 4.79 Å². The van der Waals surface area contributed by atoms with E-state index in [1.165, 1.54) is 0 Å². The maximum atomic E-state index is 11.8. The first kappa shape index (κ1) is 8.68. The van der Waals surface area contributed by atoms with Gasteiger partial charge in [-0.25, -0.2) is 0 Å². The highest BCUT2D eigenvalue weighted by atomic mass is 16.5. The van der Waals surface area contributed by atoms with Crippen molar-refractivity contribution in [3.8, 4) is 0 Å². The predicted molar refractivity (Wildman–Crippen MR) is 42.7 cm³/mol. The molecule has 0 aliphatic carbocycles. The second-order valence-electron chi connectivity index (χ2n) is 3.53. The zero-order valence-corrected chi connectivity index (χ0v) is 7.17. The van der Waals surface area contributed by atoms with Crippen molar-refractivity contribution in [3.63, 3.8) is 0 Å². The quantitative estimate of drug-likeness (QED) is 0.422. The molecule has 1 aliphatic rings. The molecule has 0 N–H and O–H groups in total. The molecule has 0 aromatic rings. The summed E-state index contributed by atoms with van der Waals surface area (Å²) in [7, 11) is 0. The highest BCUT2D eigenvalue weighted by molar-refractivity contribution is 5.79. The van der Waals surface area contributed by atoms with Gasteiger partial charge in [-0.1, -0.05) is 0 Å². The topological polar surface area (TPSA) is 40.1 Å². The fourth-order valence-electron chi connectivity index (χ4n) is 1.38. The normalized spacial score (nSPS) is 24.2. The van der Waals surface area contributed by atoms with E-state index in [9.17, 15) is 10.0 Å². The molecule has 0 aromatic heterocycles. The summed E-state index contributed by atoms with van der Waals surface area (Å²) in [6.45, 7) is 4.80. The Morgan fingerprint density at radius 2 is 1.82 bits per heavy atom. The van der Waals surface area contributed by atoms with E-state index < -0.39 is 0 Å². The number of likely N-dealkylation sites (tertiary alicyclic amines) is 1. The first-order chi connectivity index (χ1) is 5.04. The maximum Gasteiger partial charge on any atom is 0.144 e. The van der Waals surface area contributed by atoms with Crippen LogP contribution in [0.2, 0.25) is 0 Å². The van der Waals surface area contributed by atoms with E-state index in [2.05, 4.69) is 0 Å². The first-order valence-electron chi connectivity index (χ1n) is 4.14. The molecule has 3 nitrogen and oxygen atoms in total. The molecule has 0 saturated carbocycles. The number of carbonyl (C=O) groups excluding carboxylic acids is 1. The lowest BCUT2D eigenvalue weighted by atomic mass is 10.1. The van der Waals surface area contributed by atoms with Crippen LogP contribution in [-0.2, 0) is 4.79 Å². The highest BCUT2D eigenvalue weighted by Crippen LogP contribution is 2.18. The minimum atomic E-state index is -0.175. The fraction of sp³-hybridized carbons (Fsp3) is 0.875. The van der Waals surface area contributed by atoms with Crippen molar-refractivity contribution >= 4 is 5.78 Å². The third-order valence-electron chi connectivity index (χ3n) is 2.48. The van der Waals surface area contributed by atoms with Gasteiger partial charge in [0.25, 0.3) is 0 Å². The molecule has 0 atom stereocenters. The molecule has 0 amide bonds. The van der Waals surface area contributed by atoms with E-state index in [0.29, 0.717) is 25.9 Å². The third kappa shape index (κ3) is 1.79. The Kier molecular flexibility index (Phi) is 2.30. The number of hydrogen-bond donors (Lipinski definition) is 0. The number of ketones is 1. The van der Waals surface area contributed by atoms with E-state index >= 15 is 0 Å². The van der Waals surface area contributed by atoms with Crippen molar-refractivity contribution in [3.05, 3.63) is 5.21 Å². The molecule has 1 saturated heterocycles. The molecule has 0 spiro atoms. The van der Waals surface area contributed by atoms with Crippen LogP contribution in [0.15, 0.2) is 0 Å². The van der Waals surface area contributed by atoms with Gasteiger partial charge in [0, 0.05) is 0 Å². The molecule has 0 radical (unpaired) electrons. The smallest absolute Gasteiger partial charge is 0.144 e. The molecule has 11 heavy (non-hydrogen) atoms. The fourth-order valence-corrected chi connectivity index (χ4v) is 1.38. The van der Waals surface area contributed by atoms with Crippen LogP contribution < -0.4 is 0 Å². The van der Waals surface area contributed by atoms with E-state index in [1.807, 2.05) is 13.8 Å². The Hall–Kier alpha value is -0.410. The standard InChI is InChI=1S/C8H15NO2/c1-7(2)9(11)5-3-8(10)4-6-9/h7H,3-6H2,1-2H3. The number of quaternary nitrogens is 1. The molecular formula is C8H15NO2. The Morgan fingerprint density at radius 3 is 2.18 bits per heavy atom. The van der Waals surface area contributed by atoms with Gasteiger partial charge >= 0.3 is 0 Å². The number of piperidine rings is 1. The molecule has 64 valence electrons. The van der Waals surface area contributed by atoms with Gasteiger partial charge in [0.1, 0.15) is 5.78 Å². The van der Waals surface area contributed by atoms with Gasteiger partial charge in [-0.2, -0.15) is 0 Å². The number of hydroxylamine groups is 3. The molecule has 1 aliphatic heterocycles. The minimum Gasteiger partial charge on any atom is -0.633 e. The molecule has 1 heterocycles. The van der Waals surface area contributed by atoms with E-state index in [1.54, 1.807) is 0 Å². The van der Waals surface area contributed by atoms with Crippen LogP contribution in [0, 0.1) is 5.21 Å². The van der Waals surface area contributed by atoms with Crippen LogP contribution in [-0.4, -0.2) is 29.6 Å². The number of Topliss-reactive ketones (excluding diaryl/α,β-unsaturated/α-hetero) is 1. The van der Waals surface area contributed by atoms with Crippen molar-refractivity contribution in [2.75, 3.05) is 13.1 Å². The Bertz CT molecular complexity index is 155. The number of rotatable bonds is 1. The molecule has 0 bridgehead atoms. The van der Waals surface area contributed by atoms with Crippen molar-refractivity contribution < 1.29 is 9.44 Å². The van der Waals surface area contributed by atoms with Gasteiger partial charge < -0.3 is 9.85 Å². The molecular weight excluding hydrogens is 142 g/mol. The lowest BCUT2D eigenvalue weighted by molar-refractivity contribution is -0.902. The molecule has 1 rings (SSSR count). The van der Waals surface area contributed by atoms with Gasteiger partial charge in [0.2, 0.25) is 0 Å². The van der Waals surface area contributed by atoms with Crippen molar-refractivity contribution in [1.29, 1.82) is 0 Å². The van der Waals surface area contributed by atoms with Crippen LogP contribution in [0.25, 0.3) is 0 Å². The van der Waals surface area contributed by atoms with Gasteiger partial charge in [-0.05, 0) is 13.8 Å². The highest BCUT2D eigenvalue weighted by Gasteiger charge is 2.27. The number of nitrogens with zero attached hydrogens (tertiary/aromatic N) is 1. The van der Waals surface area contributed by atoms with Crippen LogP contribution in [0.3, 0.4) is 0 Å². The Balaban J connectivity index is 2.55. The molecule has 1 fully saturated rings. The summed E-state index contributed by atoms with van der Waals surface area (Å²) in [5.74, 6) is 0.246. The van der Waals surface area contributed by atoms with E-state index in [-0.39, 0.29) is 16.5 Å². The number of hydrogen-bond acceptors (Lipinski definition) is 2. The molecule has 0 aromatic carbocycles. The zero-order chi connectivity index (χ0) is 8.48. The van der Waals surface area contributed by atoms with Crippen LogP contribution in [0.5, 0.6) is 0 Å². The minimum absolute atomic E-state index is 0.100. The summed E-state index contributed by atoms with van der Waals surface area (Å²) in [4.78, 5) is 10.8. The van der Waals surface area contributed by atoms with Crippen LogP contribution >= 0.6 is 0 Å². The van der Waals surface area contributed by atoms with Crippen molar-refractivity contribution in [1.82, 2.24) is 0 Å². The van der Waals surface area contributed by atoms with Gasteiger partial charge in [0.05, 0.1) is 32.0 Å². The first-order valence-corrected chi connectivity index (χ1v) is 4.14. The third-order valence-corrected chi connectivity index (χ3v) is 2.48. The summed E-state index contributed by atoms with van der Waals surface area (Å²) in [5, 5.41) is 11.8. The summed E-state index contributed by atoms with van der Waals surface area (Å²) < 4.78 is -0.175. The summed E-state index contributed by atoms with van der Waals surface area (Å²) in [6, 6.07) is 0.100. The second kappa shape index (κ2) is 2.91. The Labute approximate surface area is 67.2 Å². The van der Waals surface area contributed by atoms with Crippen LogP contribution in [0.1, 0.15) is 26.7 Å². The average Bonchev–Trinajstić information content (AvgIpc) is 1.95. The summed E-state index contributed by atoms with van der Waals surface area (Å²) in [6.07, 6.45) is 0.948. The lowest BCUT2D eigenvalue weighted by Crippen LogP contribution is -2.52. The predicted octanol–water partition coefficient (Wildman–Crippen LogP) is 1.07. The van der Waals surface area contributed by atoms with Crippen molar-refractivity contribution in [2.45, 2.75) is 32.7 Å². The van der Waals surface area contributed by atoms with E-state index in [0.717, 1.165) is 0 Å².